The fourth-order valence-electron chi connectivity index (χ4n) is 7.56. The van der Waals surface area contributed by atoms with Crippen molar-refractivity contribution in [2.24, 2.45) is 0 Å². The second kappa shape index (κ2) is 10.7. The second-order valence-electron chi connectivity index (χ2n) is 14.4. The summed E-state index contributed by atoms with van der Waals surface area (Å²) in [4.78, 5) is 2.48. The first-order valence-corrected chi connectivity index (χ1v) is 16.9. The molecule has 1 aliphatic rings. The van der Waals surface area contributed by atoms with Gasteiger partial charge in [0.1, 0.15) is 0 Å². The molecule has 0 atom stereocenters. The van der Waals surface area contributed by atoms with Crippen LogP contribution >= 0.6 is 0 Å². The highest BCUT2D eigenvalue weighted by atomic mass is 15.1. The van der Waals surface area contributed by atoms with E-state index < -0.39 is 0 Å². The highest BCUT2D eigenvalue weighted by molar-refractivity contribution is 6.12. The maximum absolute atomic E-state index is 2.48. The molecule has 0 radical (unpaired) electrons. The third-order valence-electron chi connectivity index (χ3n) is 10.1. The summed E-state index contributed by atoms with van der Waals surface area (Å²) in [5.41, 5.74) is 14.0. The monoisotopic (exact) mass is 615 g/mol. The Hall–Kier alpha value is -5.66. The molecule has 48 heavy (non-hydrogen) atoms. The average molecular weight is 616 g/mol. The summed E-state index contributed by atoms with van der Waals surface area (Å²) in [6.45, 7) is 9.11. The van der Waals surface area contributed by atoms with E-state index in [2.05, 4.69) is 184 Å². The van der Waals surface area contributed by atoms with Crippen molar-refractivity contribution in [3.63, 3.8) is 0 Å². The van der Waals surface area contributed by atoms with Crippen molar-refractivity contribution >= 4 is 49.4 Å². The fraction of sp³-hybridized carbons (Fsp3) is 0.106. The maximum Gasteiger partial charge on any atom is 0.0577 e. The summed E-state index contributed by atoms with van der Waals surface area (Å²) >= 11 is 0. The summed E-state index contributed by atoms with van der Waals surface area (Å²) in [6, 6.07) is 56.4. The maximum atomic E-state index is 2.48. The van der Waals surface area contributed by atoms with E-state index in [0.717, 1.165) is 5.69 Å². The normalized spacial score (nSPS) is 12.2. The van der Waals surface area contributed by atoms with E-state index in [-0.39, 0.29) is 5.41 Å². The lowest BCUT2D eigenvalue weighted by atomic mass is 9.77. The van der Waals surface area contributed by atoms with Gasteiger partial charge < -0.3 is 4.90 Å². The van der Waals surface area contributed by atoms with Gasteiger partial charge >= 0.3 is 0 Å². The van der Waals surface area contributed by atoms with E-state index in [1.54, 1.807) is 0 Å². The standard InChI is InChI=1S/C47H37N/c1-30-14-20-38(21-15-30)48(46-40-13-9-8-12-32(40)19-23-45(46)47(2,3)4)39-22-18-35-27-42-41-26-34-17-16-33(31-10-6-5-7-11-31)24-36(34)28-43(41)44(42)29-37(35)25-39/h5-29H,1-4H3. The van der Waals surface area contributed by atoms with E-state index in [9.17, 15) is 0 Å². The molecule has 8 aromatic rings. The van der Waals surface area contributed by atoms with Gasteiger partial charge in [-0.2, -0.15) is 0 Å². The van der Waals surface area contributed by atoms with Gasteiger partial charge in [-0.1, -0.05) is 123 Å². The third kappa shape index (κ3) is 4.61. The minimum absolute atomic E-state index is 0.0467. The largest absolute Gasteiger partial charge is 0.310 e. The van der Waals surface area contributed by atoms with E-state index in [4.69, 9.17) is 0 Å². The SMILES string of the molecule is Cc1ccc(N(c2ccc3cc4c(cc3c2)-c2cc3cc(-c5ccccc5)ccc3cc2-4)c2c(C(C)(C)C)ccc3ccccc23)cc1. The lowest BCUT2D eigenvalue weighted by Crippen LogP contribution is -2.19. The molecule has 0 aliphatic heterocycles. The van der Waals surface area contributed by atoms with Gasteiger partial charge in [-0.25, -0.2) is 0 Å². The Labute approximate surface area is 282 Å². The molecule has 0 heterocycles. The summed E-state index contributed by atoms with van der Waals surface area (Å²) in [6.07, 6.45) is 0. The molecule has 9 rings (SSSR count). The van der Waals surface area contributed by atoms with E-state index >= 15 is 0 Å². The van der Waals surface area contributed by atoms with Crippen LogP contribution in [-0.4, -0.2) is 0 Å². The number of benzene rings is 8. The molecule has 0 N–H and O–H groups in total. The molecule has 0 saturated carbocycles. The number of rotatable bonds is 4. The van der Waals surface area contributed by atoms with Crippen LogP contribution in [0.5, 0.6) is 0 Å². The molecular formula is C47H37N. The van der Waals surface area contributed by atoms with Crippen LogP contribution in [0.2, 0.25) is 0 Å². The number of hydrogen-bond donors (Lipinski definition) is 0. The molecule has 0 bridgehead atoms. The van der Waals surface area contributed by atoms with Gasteiger partial charge in [0.15, 0.2) is 0 Å². The molecule has 8 aromatic carbocycles. The molecule has 1 heteroatoms. The van der Waals surface area contributed by atoms with Gasteiger partial charge in [-0.05, 0) is 133 Å². The van der Waals surface area contributed by atoms with Gasteiger partial charge in [0.25, 0.3) is 0 Å². The van der Waals surface area contributed by atoms with Crippen LogP contribution in [0.15, 0.2) is 152 Å². The summed E-state index contributed by atoms with van der Waals surface area (Å²) in [7, 11) is 0. The minimum atomic E-state index is -0.0467. The minimum Gasteiger partial charge on any atom is -0.310 e. The Bertz CT molecular complexity index is 2530. The van der Waals surface area contributed by atoms with Crippen molar-refractivity contribution in [3.8, 4) is 33.4 Å². The molecule has 0 spiro atoms. The van der Waals surface area contributed by atoms with Gasteiger partial charge in [0.2, 0.25) is 0 Å². The van der Waals surface area contributed by atoms with Crippen LogP contribution in [0, 0.1) is 6.92 Å². The highest BCUT2D eigenvalue weighted by Crippen LogP contribution is 2.51. The Morgan fingerprint density at radius 1 is 0.417 bits per heavy atom. The van der Waals surface area contributed by atoms with Gasteiger partial charge in [-0.3, -0.25) is 0 Å². The molecule has 0 amide bonds. The number of anilines is 3. The molecule has 0 saturated heterocycles. The Balaban J connectivity index is 1.21. The van der Waals surface area contributed by atoms with Gasteiger partial charge in [-0.15, -0.1) is 0 Å². The summed E-state index contributed by atoms with van der Waals surface area (Å²) < 4.78 is 0. The first-order chi connectivity index (χ1) is 23.3. The zero-order valence-corrected chi connectivity index (χ0v) is 27.9. The Morgan fingerprint density at radius 2 is 0.979 bits per heavy atom. The fourth-order valence-corrected chi connectivity index (χ4v) is 7.56. The zero-order chi connectivity index (χ0) is 32.6. The quantitative estimate of drug-likeness (QED) is 0.190. The first-order valence-electron chi connectivity index (χ1n) is 16.9. The molecule has 0 fully saturated rings. The predicted molar refractivity (Wildman–Crippen MR) is 207 cm³/mol. The predicted octanol–water partition coefficient (Wildman–Crippen LogP) is 13.5. The van der Waals surface area contributed by atoms with Crippen LogP contribution in [0.25, 0.3) is 65.7 Å². The molecule has 1 nitrogen and oxygen atoms in total. The third-order valence-corrected chi connectivity index (χ3v) is 10.1. The van der Waals surface area contributed by atoms with Crippen molar-refractivity contribution in [1.29, 1.82) is 0 Å². The summed E-state index contributed by atoms with van der Waals surface area (Å²) in [5, 5.41) is 7.60. The Morgan fingerprint density at radius 3 is 1.67 bits per heavy atom. The van der Waals surface area contributed by atoms with Crippen molar-refractivity contribution < 1.29 is 0 Å². The number of fused-ring (bicyclic) bond motifs is 7. The summed E-state index contributed by atoms with van der Waals surface area (Å²) in [5.74, 6) is 0. The number of nitrogens with zero attached hydrogens (tertiary/aromatic N) is 1. The molecule has 230 valence electrons. The molecule has 1 aliphatic carbocycles. The van der Waals surface area contributed by atoms with E-state index in [0.29, 0.717) is 0 Å². The van der Waals surface area contributed by atoms with Gasteiger partial charge in [0, 0.05) is 16.8 Å². The second-order valence-corrected chi connectivity index (χ2v) is 14.4. The Kier molecular flexibility index (Phi) is 6.36. The van der Waals surface area contributed by atoms with Crippen LogP contribution in [0.3, 0.4) is 0 Å². The van der Waals surface area contributed by atoms with Crippen molar-refractivity contribution in [2.45, 2.75) is 33.1 Å². The van der Waals surface area contributed by atoms with Crippen LogP contribution in [-0.2, 0) is 5.41 Å². The van der Waals surface area contributed by atoms with Crippen molar-refractivity contribution in [3.05, 3.63) is 163 Å². The molecule has 0 unspecified atom stereocenters. The topological polar surface area (TPSA) is 3.24 Å². The number of hydrogen-bond acceptors (Lipinski definition) is 1. The lowest BCUT2D eigenvalue weighted by molar-refractivity contribution is 0.592. The van der Waals surface area contributed by atoms with Gasteiger partial charge in [0.05, 0.1) is 5.69 Å². The van der Waals surface area contributed by atoms with Crippen LogP contribution in [0.4, 0.5) is 17.1 Å². The zero-order valence-electron chi connectivity index (χ0n) is 27.9. The van der Waals surface area contributed by atoms with E-state index in [1.807, 2.05) is 0 Å². The van der Waals surface area contributed by atoms with Crippen LogP contribution in [0.1, 0.15) is 31.9 Å². The van der Waals surface area contributed by atoms with Crippen molar-refractivity contribution in [1.82, 2.24) is 0 Å². The highest BCUT2D eigenvalue weighted by Gasteiger charge is 2.27. The molecule has 0 aromatic heterocycles. The van der Waals surface area contributed by atoms with Crippen LogP contribution < -0.4 is 4.90 Å². The first kappa shape index (κ1) is 28.6. The molecular weight excluding hydrogens is 579 g/mol. The lowest BCUT2D eigenvalue weighted by Gasteiger charge is -2.33. The average Bonchev–Trinajstić information content (AvgIpc) is 3.10. The number of aryl methyl sites for hydroxylation is 1. The smallest absolute Gasteiger partial charge is 0.0577 e. The van der Waals surface area contributed by atoms with Crippen molar-refractivity contribution in [2.75, 3.05) is 4.90 Å². The van der Waals surface area contributed by atoms with E-state index in [1.165, 1.54) is 88.2 Å².